The Labute approximate surface area is 82.7 Å². The monoisotopic (exact) mass is 194 g/mol. The molecule has 1 fully saturated rings. The number of rotatable bonds is 2. The number of hydrogen-bond acceptors (Lipinski definition) is 3. The van der Waals surface area contributed by atoms with E-state index >= 15 is 0 Å². The molecule has 2 heterocycles. The largest absolute Gasteiger partial charge is 0.345 e. The number of amides is 1. The Hall–Kier alpha value is -1.36. The van der Waals surface area contributed by atoms with Gasteiger partial charge in [-0.05, 0) is 0 Å². The summed E-state index contributed by atoms with van der Waals surface area (Å²) in [6.07, 6.45) is 3.44. The van der Waals surface area contributed by atoms with Crippen LogP contribution in [0.1, 0.15) is 16.4 Å². The van der Waals surface area contributed by atoms with Crippen molar-refractivity contribution >= 4 is 5.91 Å². The molecular formula is C9H14N4O. The fourth-order valence-electron chi connectivity index (χ4n) is 1.37. The van der Waals surface area contributed by atoms with Crippen molar-refractivity contribution in [1.82, 2.24) is 20.0 Å². The number of nitrogens with one attached hydrogen (secondary N) is 1. The third-order valence-corrected chi connectivity index (χ3v) is 2.39. The molecule has 0 atom stereocenters. The molecule has 0 saturated carbocycles. The third-order valence-electron chi connectivity index (χ3n) is 2.39. The van der Waals surface area contributed by atoms with E-state index in [-0.39, 0.29) is 5.91 Å². The maximum Gasteiger partial charge on any atom is 0.256 e. The van der Waals surface area contributed by atoms with E-state index in [0.717, 1.165) is 13.1 Å². The van der Waals surface area contributed by atoms with E-state index < -0.39 is 0 Å². The van der Waals surface area contributed by atoms with Gasteiger partial charge in [0.1, 0.15) is 0 Å². The number of aromatic nitrogens is 2. The predicted octanol–water partition coefficient (Wildman–Crippen LogP) is -0.271. The average molecular weight is 194 g/mol. The van der Waals surface area contributed by atoms with Crippen molar-refractivity contribution in [3.63, 3.8) is 0 Å². The SMILES string of the molecule is CN(C)C(=O)c1cnn(C2CNC2)c1. The van der Waals surface area contributed by atoms with Crippen molar-refractivity contribution in [3.05, 3.63) is 18.0 Å². The van der Waals surface area contributed by atoms with Gasteiger partial charge in [0.05, 0.1) is 17.8 Å². The second kappa shape index (κ2) is 3.42. The third kappa shape index (κ3) is 1.50. The summed E-state index contributed by atoms with van der Waals surface area (Å²) in [5, 5.41) is 7.34. The molecule has 0 aliphatic carbocycles. The summed E-state index contributed by atoms with van der Waals surface area (Å²) in [5.41, 5.74) is 0.655. The molecule has 5 nitrogen and oxygen atoms in total. The maximum atomic E-state index is 11.5. The van der Waals surface area contributed by atoms with Crippen LogP contribution in [0.4, 0.5) is 0 Å². The topological polar surface area (TPSA) is 50.2 Å². The molecule has 1 aliphatic rings. The highest BCUT2D eigenvalue weighted by molar-refractivity contribution is 5.93. The Morgan fingerprint density at radius 3 is 2.86 bits per heavy atom. The van der Waals surface area contributed by atoms with Crippen LogP contribution in [0.2, 0.25) is 0 Å². The molecule has 1 aliphatic heterocycles. The fourth-order valence-corrected chi connectivity index (χ4v) is 1.37. The Balaban J connectivity index is 2.12. The molecule has 0 aromatic carbocycles. The Bertz CT molecular complexity index is 340. The lowest BCUT2D eigenvalue weighted by molar-refractivity contribution is 0.0827. The van der Waals surface area contributed by atoms with E-state index in [2.05, 4.69) is 10.4 Å². The van der Waals surface area contributed by atoms with Gasteiger partial charge in [0.15, 0.2) is 0 Å². The number of hydrogen-bond donors (Lipinski definition) is 1. The van der Waals surface area contributed by atoms with E-state index in [4.69, 9.17) is 0 Å². The highest BCUT2D eigenvalue weighted by Gasteiger charge is 2.20. The summed E-state index contributed by atoms with van der Waals surface area (Å²) in [5.74, 6) is 0.00327. The van der Waals surface area contributed by atoms with E-state index in [1.54, 1.807) is 25.2 Å². The minimum atomic E-state index is 0.00327. The molecule has 0 spiro atoms. The lowest BCUT2D eigenvalue weighted by Crippen LogP contribution is -2.43. The van der Waals surface area contributed by atoms with Crippen LogP contribution in [0.25, 0.3) is 0 Å². The Kier molecular flexibility index (Phi) is 2.25. The van der Waals surface area contributed by atoms with Crippen molar-refractivity contribution in [2.45, 2.75) is 6.04 Å². The molecule has 0 unspecified atom stereocenters. The quantitative estimate of drug-likeness (QED) is 0.705. The summed E-state index contributed by atoms with van der Waals surface area (Å²) in [6, 6.07) is 0.415. The molecular weight excluding hydrogens is 180 g/mol. The van der Waals surface area contributed by atoms with Crippen molar-refractivity contribution < 1.29 is 4.79 Å². The van der Waals surface area contributed by atoms with Crippen LogP contribution in [0, 0.1) is 0 Å². The van der Waals surface area contributed by atoms with E-state index in [1.807, 2.05) is 10.9 Å². The molecule has 2 rings (SSSR count). The normalized spacial score (nSPS) is 16.4. The predicted molar refractivity (Wildman–Crippen MR) is 52.2 cm³/mol. The number of carbonyl (C=O) groups excluding carboxylic acids is 1. The minimum Gasteiger partial charge on any atom is -0.345 e. The van der Waals surface area contributed by atoms with Crippen molar-refractivity contribution in [2.24, 2.45) is 0 Å². The molecule has 5 heteroatoms. The van der Waals surface area contributed by atoms with E-state index in [1.165, 1.54) is 0 Å². The van der Waals surface area contributed by atoms with Gasteiger partial charge in [-0.3, -0.25) is 9.48 Å². The zero-order chi connectivity index (χ0) is 10.1. The van der Waals surface area contributed by atoms with Crippen molar-refractivity contribution in [3.8, 4) is 0 Å². The number of nitrogens with zero attached hydrogens (tertiary/aromatic N) is 3. The summed E-state index contributed by atoms with van der Waals surface area (Å²) in [4.78, 5) is 13.1. The van der Waals surface area contributed by atoms with Gasteiger partial charge < -0.3 is 10.2 Å². The molecule has 1 aromatic heterocycles. The van der Waals surface area contributed by atoms with Gasteiger partial charge in [-0.25, -0.2) is 0 Å². The Morgan fingerprint density at radius 1 is 1.64 bits per heavy atom. The molecule has 1 N–H and O–H groups in total. The summed E-state index contributed by atoms with van der Waals surface area (Å²) >= 11 is 0. The molecule has 1 saturated heterocycles. The van der Waals surface area contributed by atoms with Gasteiger partial charge in [-0.2, -0.15) is 5.10 Å². The fraction of sp³-hybridized carbons (Fsp3) is 0.556. The first kappa shape index (κ1) is 9.21. The minimum absolute atomic E-state index is 0.00327. The maximum absolute atomic E-state index is 11.5. The summed E-state index contributed by atoms with van der Waals surface area (Å²) in [7, 11) is 3.48. The van der Waals surface area contributed by atoms with Gasteiger partial charge in [0.2, 0.25) is 0 Å². The lowest BCUT2D eigenvalue weighted by atomic mass is 10.2. The average Bonchev–Trinajstić information content (AvgIpc) is 2.48. The lowest BCUT2D eigenvalue weighted by Gasteiger charge is -2.27. The van der Waals surface area contributed by atoms with Crippen LogP contribution >= 0.6 is 0 Å². The van der Waals surface area contributed by atoms with Crippen LogP contribution < -0.4 is 5.32 Å². The molecule has 14 heavy (non-hydrogen) atoms. The van der Waals surface area contributed by atoms with Gasteiger partial charge in [-0.15, -0.1) is 0 Å². The molecule has 0 radical (unpaired) electrons. The van der Waals surface area contributed by atoms with E-state index in [9.17, 15) is 4.79 Å². The zero-order valence-corrected chi connectivity index (χ0v) is 8.40. The highest BCUT2D eigenvalue weighted by Crippen LogP contribution is 2.11. The molecule has 1 amide bonds. The first-order valence-corrected chi connectivity index (χ1v) is 4.65. The standard InChI is InChI=1S/C9H14N4O/c1-12(2)9(14)7-3-11-13(6-7)8-4-10-5-8/h3,6,8,10H,4-5H2,1-2H3. The van der Waals surface area contributed by atoms with Crippen LogP contribution in [-0.4, -0.2) is 47.8 Å². The summed E-state index contributed by atoms with van der Waals surface area (Å²) < 4.78 is 1.85. The van der Waals surface area contributed by atoms with Gasteiger partial charge in [0.25, 0.3) is 5.91 Å². The van der Waals surface area contributed by atoms with Crippen molar-refractivity contribution in [1.29, 1.82) is 0 Å². The van der Waals surface area contributed by atoms with Gasteiger partial charge >= 0.3 is 0 Å². The first-order valence-electron chi connectivity index (χ1n) is 4.65. The smallest absolute Gasteiger partial charge is 0.256 e. The highest BCUT2D eigenvalue weighted by atomic mass is 16.2. The molecule has 1 aromatic rings. The zero-order valence-electron chi connectivity index (χ0n) is 8.40. The van der Waals surface area contributed by atoms with Gasteiger partial charge in [0, 0.05) is 33.4 Å². The van der Waals surface area contributed by atoms with Gasteiger partial charge in [-0.1, -0.05) is 0 Å². The molecule has 0 bridgehead atoms. The van der Waals surface area contributed by atoms with Crippen LogP contribution in [0.3, 0.4) is 0 Å². The van der Waals surface area contributed by atoms with Crippen LogP contribution in [-0.2, 0) is 0 Å². The molecule has 76 valence electrons. The first-order chi connectivity index (χ1) is 6.68. The summed E-state index contributed by atoms with van der Waals surface area (Å²) in [6.45, 7) is 1.88. The van der Waals surface area contributed by atoms with Crippen LogP contribution in [0.15, 0.2) is 12.4 Å². The second-order valence-corrected chi connectivity index (χ2v) is 3.72. The number of carbonyl (C=O) groups is 1. The van der Waals surface area contributed by atoms with E-state index in [0.29, 0.717) is 11.6 Å². The van der Waals surface area contributed by atoms with Crippen molar-refractivity contribution in [2.75, 3.05) is 27.2 Å². The van der Waals surface area contributed by atoms with Crippen LogP contribution in [0.5, 0.6) is 0 Å². The Morgan fingerprint density at radius 2 is 2.36 bits per heavy atom. The second-order valence-electron chi connectivity index (χ2n) is 3.72.